The molecule has 0 aliphatic rings. The highest BCUT2D eigenvalue weighted by Gasteiger charge is 2.16. The number of nitrogens with one attached hydrogen (secondary N) is 2. The van der Waals surface area contributed by atoms with E-state index in [0.717, 1.165) is 11.1 Å². The van der Waals surface area contributed by atoms with Gasteiger partial charge in [0.2, 0.25) is 0 Å². The van der Waals surface area contributed by atoms with Crippen LogP contribution in [0.1, 0.15) is 11.1 Å². The summed E-state index contributed by atoms with van der Waals surface area (Å²) >= 11 is 0. The van der Waals surface area contributed by atoms with Gasteiger partial charge in [-0.05, 0) is 53.6 Å². The zero-order valence-electron chi connectivity index (χ0n) is 17.5. The normalized spacial score (nSPS) is 11.6. The van der Waals surface area contributed by atoms with E-state index in [4.69, 9.17) is 0 Å². The van der Waals surface area contributed by atoms with E-state index in [-0.39, 0.29) is 10.8 Å². The van der Waals surface area contributed by atoms with Crippen LogP contribution in [0.4, 0.5) is 11.4 Å². The van der Waals surface area contributed by atoms with Crippen LogP contribution in [-0.2, 0) is 14.8 Å². The van der Waals surface area contributed by atoms with Crippen LogP contribution in [0.25, 0.3) is 11.6 Å². The van der Waals surface area contributed by atoms with E-state index >= 15 is 0 Å². The third-order valence-electron chi connectivity index (χ3n) is 4.78. The second-order valence-corrected chi connectivity index (χ2v) is 8.84. The monoisotopic (exact) mass is 455 g/mol. The summed E-state index contributed by atoms with van der Waals surface area (Å²) in [6.07, 6.45) is 4.81. The van der Waals surface area contributed by atoms with Gasteiger partial charge in [0.25, 0.3) is 15.9 Å². The van der Waals surface area contributed by atoms with Gasteiger partial charge in [-0.2, -0.15) is 0 Å². The maximum Gasteiger partial charge on any atom is 0.261 e. The lowest BCUT2D eigenvalue weighted by molar-refractivity contribution is -0.111. The molecule has 0 saturated heterocycles. The van der Waals surface area contributed by atoms with Gasteiger partial charge in [0.05, 0.1) is 16.8 Å². The third kappa shape index (κ3) is 5.72. The highest BCUT2D eigenvalue weighted by atomic mass is 32.2. The van der Waals surface area contributed by atoms with Crippen molar-refractivity contribution < 1.29 is 13.2 Å². The first-order chi connectivity index (χ1) is 16.0. The third-order valence-corrected chi connectivity index (χ3v) is 6.17. The Morgan fingerprint density at radius 2 is 1.42 bits per heavy atom. The quantitative estimate of drug-likeness (QED) is 0.301. The second kappa shape index (κ2) is 9.93. The molecule has 7 heteroatoms. The van der Waals surface area contributed by atoms with Crippen LogP contribution in [0, 0.1) is 0 Å². The minimum absolute atomic E-state index is 0.0764. The van der Waals surface area contributed by atoms with Crippen molar-refractivity contribution in [3.63, 3.8) is 0 Å². The van der Waals surface area contributed by atoms with Gasteiger partial charge in [0, 0.05) is 17.5 Å². The number of sulfonamides is 1. The minimum atomic E-state index is -3.77. The molecule has 0 radical (unpaired) electrons. The molecule has 33 heavy (non-hydrogen) atoms. The van der Waals surface area contributed by atoms with Crippen molar-refractivity contribution in [2.24, 2.45) is 0 Å². The Labute approximate surface area is 192 Å². The van der Waals surface area contributed by atoms with Gasteiger partial charge in [-0.15, -0.1) is 0 Å². The van der Waals surface area contributed by atoms with Crippen molar-refractivity contribution >= 4 is 39.0 Å². The molecule has 1 aromatic heterocycles. The molecular weight excluding hydrogens is 434 g/mol. The van der Waals surface area contributed by atoms with Gasteiger partial charge in [-0.25, -0.2) is 8.42 Å². The number of benzene rings is 3. The molecule has 4 aromatic rings. The number of rotatable bonds is 7. The number of carbonyl (C=O) groups excluding carboxylic acids is 1. The number of carbonyl (C=O) groups is 1. The lowest BCUT2D eigenvalue weighted by Gasteiger charge is -2.11. The highest BCUT2D eigenvalue weighted by Crippen LogP contribution is 2.22. The predicted octanol–water partition coefficient (Wildman–Crippen LogP) is 5.06. The van der Waals surface area contributed by atoms with Gasteiger partial charge in [0.15, 0.2) is 0 Å². The fourth-order valence-corrected chi connectivity index (χ4v) is 4.21. The van der Waals surface area contributed by atoms with Crippen LogP contribution in [-0.4, -0.2) is 19.3 Å². The number of hydrogen-bond donors (Lipinski definition) is 2. The molecule has 1 amide bonds. The molecular formula is C26H21N3O3S. The molecule has 0 saturated carbocycles. The van der Waals surface area contributed by atoms with Gasteiger partial charge in [-0.3, -0.25) is 14.5 Å². The Bertz CT molecular complexity index is 1350. The zero-order chi connectivity index (χ0) is 23.1. The van der Waals surface area contributed by atoms with E-state index in [1.807, 2.05) is 66.7 Å². The first-order valence-electron chi connectivity index (χ1n) is 10.2. The van der Waals surface area contributed by atoms with E-state index in [1.165, 1.54) is 18.3 Å². The molecule has 6 nitrogen and oxygen atoms in total. The SMILES string of the molecule is O=C(Nc1ccc(S(=O)(=O)Nc2cccnc2)cc1)/C(=C/c1ccccc1)c1ccccc1. The van der Waals surface area contributed by atoms with E-state index in [0.29, 0.717) is 16.9 Å². The van der Waals surface area contributed by atoms with Gasteiger partial charge in [-0.1, -0.05) is 60.7 Å². The number of anilines is 2. The van der Waals surface area contributed by atoms with Crippen molar-refractivity contribution in [3.05, 3.63) is 121 Å². The molecule has 1 heterocycles. The van der Waals surface area contributed by atoms with Crippen molar-refractivity contribution in [2.75, 3.05) is 10.0 Å². The fraction of sp³-hybridized carbons (Fsp3) is 0. The van der Waals surface area contributed by atoms with E-state index in [1.54, 1.807) is 30.5 Å². The van der Waals surface area contributed by atoms with E-state index in [2.05, 4.69) is 15.0 Å². The van der Waals surface area contributed by atoms with E-state index < -0.39 is 10.0 Å². The standard InChI is InChI=1S/C26H21N3O3S/c30-26(25(21-10-5-2-6-11-21)18-20-8-3-1-4-9-20)28-22-13-15-24(16-14-22)33(31,32)29-23-12-7-17-27-19-23/h1-19,29H,(H,28,30)/b25-18+. The number of hydrogen-bond acceptors (Lipinski definition) is 4. The first-order valence-corrected chi connectivity index (χ1v) is 11.7. The smallest absolute Gasteiger partial charge is 0.261 e. The Kier molecular flexibility index (Phi) is 6.61. The minimum Gasteiger partial charge on any atom is -0.322 e. The molecule has 3 aromatic carbocycles. The van der Waals surface area contributed by atoms with Gasteiger partial charge < -0.3 is 5.32 Å². The molecule has 0 atom stereocenters. The molecule has 0 spiro atoms. The maximum atomic E-state index is 13.1. The Morgan fingerprint density at radius 3 is 2.06 bits per heavy atom. The van der Waals surface area contributed by atoms with Gasteiger partial charge >= 0.3 is 0 Å². The lowest BCUT2D eigenvalue weighted by atomic mass is 10.0. The van der Waals surface area contributed by atoms with Crippen molar-refractivity contribution in [1.82, 2.24) is 4.98 Å². The van der Waals surface area contributed by atoms with Crippen LogP contribution >= 0.6 is 0 Å². The molecule has 0 fully saturated rings. The van der Waals surface area contributed by atoms with Crippen LogP contribution in [0.2, 0.25) is 0 Å². The number of aromatic nitrogens is 1. The summed E-state index contributed by atoms with van der Waals surface area (Å²) < 4.78 is 27.7. The highest BCUT2D eigenvalue weighted by molar-refractivity contribution is 7.92. The molecule has 0 unspecified atom stereocenters. The topological polar surface area (TPSA) is 88.2 Å². The molecule has 164 valence electrons. The molecule has 2 N–H and O–H groups in total. The lowest BCUT2D eigenvalue weighted by Crippen LogP contribution is -2.15. The summed E-state index contributed by atoms with van der Waals surface area (Å²) in [6, 6.07) is 28.2. The predicted molar refractivity (Wildman–Crippen MR) is 131 cm³/mol. The summed E-state index contributed by atoms with van der Waals surface area (Å²) in [7, 11) is -3.77. The maximum absolute atomic E-state index is 13.1. The van der Waals surface area contributed by atoms with Crippen LogP contribution in [0.3, 0.4) is 0 Å². The first kappa shape index (κ1) is 22.0. The summed E-state index contributed by atoms with van der Waals surface area (Å²) in [5, 5.41) is 2.86. The largest absolute Gasteiger partial charge is 0.322 e. The summed E-state index contributed by atoms with van der Waals surface area (Å²) in [4.78, 5) is 17.1. The Morgan fingerprint density at radius 1 is 0.758 bits per heavy atom. The molecule has 0 aliphatic carbocycles. The average Bonchev–Trinajstić information content (AvgIpc) is 2.84. The molecule has 4 rings (SSSR count). The number of nitrogens with zero attached hydrogens (tertiary/aromatic N) is 1. The Hall–Kier alpha value is -4.23. The summed E-state index contributed by atoms with van der Waals surface area (Å²) in [5.74, 6) is -0.297. The van der Waals surface area contributed by atoms with Gasteiger partial charge in [0.1, 0.15) is 0 Å². The molecule has 0 bridgehead atoms. The van der Waals surface area contributed by atoms with Crippen molar-refractivity contribution in [1.29, 1.82) is 0 Å². The zero-order valence-corrected chi connectivity index (χ0v) is 18.4. The van der Waals surface area contributed by atoms with Crippen molar-refractivity contribution in [2.45, 2.75) is 4.90 Å². The second-order valence-electron chi connectivity index (χ2n) is 7.16. The van der Waals surface area contributed by atoms with Crippen LogP contribution in [0.5, 0.6) is 0 Å². The van der Waals surface area contributed by atoms with E-state index in [9.17, 15) is 13.2 Å². The van der Waals surface area contributed by atoms with Crippen molar-refractivity contribution in [3.8, 4) is 0 Å². The summed E-state index contributed by atoms with van der Waals surface area (Å²) in [6.45, 7) is 0. The summed E-state index contributed by atoms with van der Waals surface area (Å²) in [5.41, 5.74) is 3.02. The number of amides is 1. The van der Waals surface area contributed by atoms with Crippen LogP contribution in [0.15, 0.2) is 114 Å². The van der Waals surface area contributed by atoms with Crippen LogP contribution < -0.4 is 10.0 Å². The average molecular weight is 456 g/mol. The molecule has 0 aliphatic heterocycles. The Balaban J connectivity index is 1.55. The number of pyridine rings is 1. The fourth-order valence-electron chi connectivity index (χ4n) is 3.17.